The first-order valence-electron chi connectivity index (χ1n) is 32.2. The first-order valence-corrected chi connectivity index (χ1v) is 32.2. The maximum atomic E-state index is 7.68. The number of hydrogen-bond acceptors (Lipinski definition) is 4. The van der Waals surface area contributed by atoms with Crippen LogP contribution in [0.4, 0.5) is 28.6 Å². The predicted molar refractivity (Wildman–Crippen MR) is 366 cm³/mol. The highest BCUT2D eigenvalue weighted by molar-refractivity contribution is 6.76. The van der Waals surface area contributed by atoms with Crippen LogP contribution >= 0.6 is 0 Å². The Labute approximate surface area is 512 Å². The van der Waals surface area contributed by atoms with E-state index in [2.05, 4.69) is 269 Å². The summed E-state index contributed by atoms with van der Waals surface area (Å²) >= 11 is 0. The molecule has 0 fully saturated rings. The molecule has 5 heteroatoms. The van der Waals surface area contributed by atoms with Crippen molar-refractivity contribution >= 4 is 79.7 Å². The van der Waals surface area contributed by atoms with Crippen LogP contribution in [0.1, 0.15) is 206 Å². The molecule has 1 radical (unpaired) electrons. The Balaban J connectivity index is 1.09. The van der Waals surface area contributed by atoms with Crippen LogP contribution in [0.3, 0.4) is 0 Å². The van der Waals surface area contributed by atoms with Crippen LogP contribution in [0, 0.1) is 0 Å². The zero-order valence-corrected chi connectivity index (χ0v) is 54.3. The van der Waals surface area contributed by atoms with Crippen LogP contribution in [-0.4, -0.2) is 7.28 Å². The van der Waals surface area contributed by atoms with E-state index in [1.54, 1.807) is 0 Å². The van der Waals surface area contributed by atoms with E-state index in [0.29, 0.717) is 0 Å². The molecule has 5 aliphatic rings. The number of nitrogens with zero attached hydrogens (tertiary/aromatic N) is 1. The van der Waals surface area contributed by atoms with Crippen molar-refractivity contribution in [1.82, 2.24) is 0 Å². The van der Waals surface area contributed by atoms with Crippen LogP contribution in [0.15, 0.2) is 142 Å². The average Bonchev–Trinajstić information content (AvgIpc) is 1.52. The van der Waals surface area contributed by atoms with Crippen molar-refractivity contribution < 1.29 is 8.83 Å². The van der Waals surface area contributed by atoms with Gasteiger partial charge in [-0.3, -0.25) is 4.90 Å². The Morgan fingerprint density at radius 2 is 1.03 bits per heavy atom. The molecule has 4 nitrogen and oxygen atoms in total. The molecule has 4 aliphatic carbocycles. The van der Waals surface area contributed by atoms with Crippen LogP contribution in [0.2, 0.25) is 0 Å². The summed E-state index contributed by atoms with van der Waals surface area (Å²) < 4.78 is 15.0. The van der Waals surface area contributed by atoms with Crippen molar-refractivity contribution in [3.63, 3.8) is 0 Å². The maximum absolute atomic E-state index is 7.68. The first kappa shape index (κ1) is 55.4. The standard InChI is InChI=1S/C81H86BN2O2/c1-74(2,3)47-27-32-63(51(39-47)46-23-19-18-20-24-46)84-72-68-50-25-21-22-26-64(50)85-66(68)43-54(70(72)82-71-53-42-59-61(45-65(53)86-73(71)84)80(14,15)38-36-78(59,10)11)67-62(83-48-28-30-55-57(40-48)76(6,7)34-33-75(55,4)5)31-29-49-52-41-58-60(44-56(52)81(16,17)69(49)67)79(12,13)37-35-77(58,8)9/h18-32,39-45,83H,33-38H2,1-17H3. The zero-order chi connectivity index (χ0) is 60.4. The van der Waals surface area contributed by atoms with Crippen molar-refractivity contribution in [2.24, 2.45) is 0 Å². The lowest BCUT2D eigenvalue weighted by Crippen LogP contribution is -2.41. The van der Waals surface area contributed by atoms with Crippen molar-refractivity contribution in [3.8, 4) is 33.4 Å². The Hall–Kier alpha value is -7.24. The molecule has 0 spiro atoms. The molecule has 0 bridgehead atoms. The van der Waals surface area contributed by atoms with Gasteiger partial charge < -0.3 is 14.2 Å². The average molecular weight is 1130 g/mol. The summed E-state index contributed by atoms with van der Waals surface area (Å²) in [4.78, 5) is 2.52. The third kappa shape index (κ3) is 8.06. The number of hydrogen-bond donors (Lipinski definition) is 1. The molecule has 86 heavy (non-hydrogen) atoms. The summed E-state index contributed by atoms with van der Waals surface area (Å²) in [5.74, 6) is 0.828. The Morgan fingerprint density at radius 1 is 0.442 bits per heavy atom. The van der Waals surface area contributed by atoms with Gasteiger partial charge in [0, 0.05) is 38.7 Å². The number of fused-ring (bicyclic) bond motifs is 14. The minimum absolute atomic E-state index is 0.00668. The van der Waals surface area contributed by atoms with E-state index in [0.717, 1.165) is 121 Å². The number of para-hydroxylation sites is 1. The van der Waals surface area contributed by atoms with Gasteiger partial charge in [-0.05, 0) is 220 Å². The smallest absolute Gasteiger partial charge is 0.203 e. The van der Waals surface area contributed by atoms with E-state index in [4.69, 9.17) is 8.83 Å². The summed E-state index contributed by atoms with van der Waals surface area (Å²) in [5.41, 5.74) is 28.9. The third-order valence-corrected chi connectivity index (χ3v) is 22.5. The molecular weight excluding hydrogens is 1040 g/mol. The fourth-order valence-electron chi connectivity index (χ4n) is 16.6. The van der Waals surface area contributed by atoms with E-state index < -0.39 is 5.41 Å². The summed E-state index contributed by atoms with van der Waals surface area (Å²) in [6.07, 6.45) is 6.89. The fourth-order valence-corrected chi connectivity index (χ4v) is 16.6. The summed E-state index contributed by atoms with van der Waals surface area (Å²) in [6.45, 7) is 41.3. The largest absolute Gasteiger partial charge is 0.456 e. The lowest BCUT2D eigenvalue weighted by molar-refractivity contribution is 0.331. The molecular formula is C81H86BN2O2. The van der Waals surface area contributed by atoms with Gasteiger partial charge in [0.15, 0.2) is 5.88 Å². The van der Waals surface area contributed by atoms with E-state index >= 15 is 0 Å². The molecule has 1 N–H and O–H groups in total. The van der Waals surface area contributed by atoms with Gasteiger partial charge in [0.2, 0.25) is 7.28 Å². The van der Waals surface area contributed by atoms with E-state index in [1.165, 1.54) is 73.2 Å². The zero-order valence-electron chi connectivity index (χ0n) is 54.3. The quantitative estimate of drug-likeness (QED) is 0.174. The number of nitrogens with one attached hydrogen (secondary N) is 1. The molecule has 435 valence electrons. The first-order chi connectivity index (χ1) is 40.5. The minimum atomic E-state index is -0.398. The van der Waals surface area contributed by atoms with Crippen LogP contribution < -0.4 is 21.1 Å². The van der Waals surface area contributed by atoms with Gasteiger partial charge in [-0.15, -0.1) is 0 Å². The third-order valence-electron chi connectivity index (χ3n) is 22.5. The lowest BCUT2D eigenvalue weighted by atomic mass is 9.57. The molecule has 2 aromatic heterocycles. The molecule has 0 atom stereocenters. The second-order valence-electron chi connectivity index (χ2n) is 32.4. The second kappa shape index (κ2) is 18.0. The van der Waals surface area contributed by atoms with Crippen LogP contribution in [0.5, 0.6) is 0 Å². The van der Waals surface area contributed by atoms with Gasteiger partial charge in [0.05, 0.1) is 16.8 Å². The molecule has 3 heterocycles. The molecule has 0 unspecified atom stereocenters. The molecule has 1 aliphatic heterocycles. The maximum Gasteiger partial charge on any atom is 0.203 e. The fraction of sp³-hybridized carbons (Fsp3) is 0.383. The Kier molecular flexibility index (Phi) is 11.6. The molecule has 0 saturated carbocycles. The summed E-state index contributed by atoms with van der Waals surface area (Å²) in [6, 6.07) is 51.6. The lowest BCUT2D eigenvalue weighted by Gasteiger charge is -2.42. The van der Waals surface area contributed by atoms with Crippen molar-refractivity contribution in [2.75, 3.05) is 10.2 Å². The van der Waals surface area contributed by atoms with Gasteiger partial charge >= 0.3 is 0 Å². The minimum Gasteiger partial charge on any atom is -0.456 e. The van der Waals surface area contributed by atoms with E-state index in [9.17, 15) is 0 Å². The monoisotopic (exact) mass is 1130 g/mol. The topological polar surface area (TPSA) is 41.6 Å². The SMILES string of the molecule is CC(C)(C)c1ccc(N2c3oc4cc5c(cc4c3[B]c3c(-c4c(Nc6ccc7c(c6)C(C)(C)CCC7(C)C)ccc6c4C(C)(C)c4cc7c(cc4-6)C(C)(C)CCC7(C)C)cc4oc6ccccc6c4c32)C(C)(C)CCC5(C)C)c(-c2ccccc2)c1. The van der Waals surface area contributed by atoms with E-state index in [1.807, 2.05) is 0 Å². The van der Waals surface area contributed by atoms with E-state index in [-0.39, 0.29) is 37.9 Å². The number of anilines is 5. The van der Waals surface area contributed by atoms with Crippen molar-refractivity contribution in [3.05, 3.63) is 184 Å². The normalized spacial score (nSPS) is 19.4. The van der Waals surface area contributed by atoms with Gasteiger partial charge in [0.25, 0.3) is 0 Å². The number of benzene rings is 8. The van der Waals surface area contributed by atoms with Crippen LogP contribution in [0.25, 0.3) is 66.3 Å². The molecule has 0 saturated heterocycles. The molecule has 15 rings (SSSR count). The molecule has 8 aromatic carbocycles. The van der Waals surface area contributed by atoms with Gasteiger partial charge in [0.1, 0.15) is 16.7 Å². The predicted octanol–water partition coefficient (Wildman–Crippen LogP) is 21.5. The Morgan fingerprint density at radius 3 is 1.70 bits per heavy atom. The number of furan rings is 2. The Bertz CT molecular complexity index is 4540. The molecule has 0 amide bonds. The van der Waals surface area contributed by atoms with Crippen molar-refractivity contribution in [2.45, 2.75) is 200 Å². The van der Waals surface area contributed by atoms with Gasteiger partial charge in [-0.25, -0.2) is 0 Å². The van der Waals surface area contributed by atoms with Crippen LogP contribution in [-0.2, 0) is 43.3 Å². The number of rotatable bonds is 5. The highest BCUT2D eigenvalue weighted by atomic mass is 16.4. The second-order valence-corrected chi connectivity index (χ2v) is 32.4. The van der Waals surface area contributed by atoms with Gasteiger partial charge in [-0.1, -0.05) is 190 Å². The molecule has 10 aromatic rings. The highest BCUT2D eigenvalue weighted by Crippen LogP contribution is 2.60. The highest BCUT2D eigenvalue weighted by Gasteiger charge is 2.47. The summed E-state index contributed by atoms with van der Waals surface area (Å²) in [7, 11) is 2.52. The van der Waals surface area contributed by atoms with Crippen molar-refractivity contribution in [1.29, 1.82) is 0 Å². The summed E-state index contributed by atoms with van der Waals surface area (Å²) in [5, 5.41) is 7.55. The van der Waals surface area contributed by atoms with Gasteiger partial charge in [-0.2, -0.15) is 0 Å².